The predicted octanol–water partition coefficient (Wildman–Crippen LogP) is 1.87. The minimum atomic E-state index is -3.44. The summed E-state index contributed by atoms with van der Waals surface area (Å²) in [5.74, 6) is 1.02. The number of primary sulfonamides is 1. The first-order valence-electron chi connectivity index (χ1n) is 8.22. The average molecular weight is 316 g/mol. The fourth-order valence-corrected chi connectivity index (χ4v) is 4.68. The van der Waals surface area contributed by atoms with E-state index in [0.717, 1.165) is 31.7 Å². The maximum atomic E-state index is 12.2. The van der Waals surface area contributed by atoms with Crippen molar-refractivity contribution in [3.05, 3.63) is 0 Å². The average Bonchev–Trinajstić information content (AvgIpc) is 2.90. The van der Waals surface area contributed by atoms with Crippen molar-refractivity contribution in [3.8, 4) is 0 Å². The number of rotatable bonds is 6. The highest BCUT2D eigenvalue weighted by Gasteiger charge is 2.26. The van der Waals surface area contributed by atoms with Crippen LogP contribution in [0.5, 0.6) is 0 Å². The van der Waals surface area contributed by atoms with Crippen LogP contribution in [0.15, 0.2) is 0 Å². The Balaban J connectivity index is 1.71. The van der Waals surface area contributed by atoms with E-state index in [4.69, 9.17) is 5.14 Å². The Bertz CT molecular complexity index is 444. The number of sulfonamides is 1. The standard InChI is InChI=1S/C15H28N2O3S/c16-21(19,20)12-14-8-4-10-17(11-14)15(18)9-3-7-13-5-1-2-6-13/h13-14H,1-12H2,(H2,16,19,20). The van der Waals surface area contributed by atoms with Gasteiger partial charge >= 0.3 is 0 Å². The summed E-state index contributed by atoms with van der Waals surface area (Å²) in [4.78, 5) is 14.1. The Morgan fingerprint density at radius 3 is 2.43 bits per heavy atom. The van der Waals surface area contributed by atoms with Gasteiger partial charge in [-0.05, 0) is 37.5 Å². The van der Waals surface area contributed by atoms with Gasteiger partial charge in [-0.15, -0.1) is 0 Å². The van der Waals surface area contributed by atoms with Crippen molar-refractivity contribution in [2.45, 2.75) is 57.8 Å². The molecular weight excluding hydrogens is 288 g/mol. The van der Waals surface area contributed by atoms with E-state index in [1.807, 2.05) is 4.90 Å². The van der Waals surface area contributed by atoms with Gasteiger partial charge in [0.15, 0.2) is 0 Å². The molecule has 2 aliphatic rings. The molecule has 0 radical (unpaired) electrons. The first kappa shape index (κ1) is 16.7. The fourth-order valence-electron chi connectivity index (χ4n) is 3.76. The molecule has 122 valence electrons. The largest absolute Gasteiger partial charge is 0.342 e. The summed E-state index contributed by atoms with van der Waals surface area (Å²) >= 11 is 0. The monoisotopic (exact) mass is 316 g/mol. The van der Waals surface area contributed by atoms with Crippen LogP contribution in [-0.4, -0.2) is 38.1 Å². The number of carbonyl (C=O) groups excluding carboxylic acids is 1. The summed E-state index contributed by atoms with van der Waals surface area (Å²) in [6.07, 6.45) is 9.83. The summed E-state index contributed by atoms with van der Waals surface area (Å²) in [6.45, 7) is 1.32. The second-order valence-corrected chi connectivity index (χ2v) is 8.38. The van der Waals surface area contributed by atoms with E-state index in [-0.39, 0.29) is 17.6 Å². The number of likely N-dealkylation sites (tertiary alicyclic amines) is 1. The molecule has 2 fully saturated rings. The molecule has 21 heavy (non-hydrogen) atoms. The van der Waals surface area contributed by atoms with Crippen LogP contribution in [0.25, 0.3) is 0 Å². The summed E-state index contributed by atoms with van der Waals surface area (Å²) in [6, 6.07) is 0. The molecule has 2 N–H and O–H groups in total. The number of piperidine rings is 1. The van der Waals surface area contributed by atoms with Gasteiger partial charge in [0, 0.05) is 19.5 Å². The minimum Gasteiger partial charge on any atom is -0.342 e. The molecule has 0 aromatic rings. The molecule has 2 rings (SSSR count). The lowest BCUT2D eigenvalue weighted by Crippen LogP contribution is -2.42. The summed E-state index contributed by atoms with van der Waals surface area (Å²) < 4.78 is 22.3. The molecule has 1 atom stereocenters. The van der Waals surface area contributed by atoms with E-state index in [9.17, 15) is 13.2 Å². The summed E-state index contributed by atoms with van der Waals surface area (Å²) in [5.41, 5.74) is 0. The van der Waals surface area contributed by atoms with Crippen LogP contribution in [-0.2, 0) is 14.8 Å². The molecule has 0 aromatic heterocycles. The van der Waals surface area contributed by atoms with Crippen molar-refractivity contribution in [2.75, 3.05) is 18.8 Å². The zero-order valence-corrected chi connectivity index (χ0v) is 13.6. The molecule has 6 heteroatoms. The first-order valence-corrected chi connectivity index (χ1v) is 9.94. The number of nitrogens with zero attached hydrogens (tertiary/aromatic N) is 1. The van der Waals surface area contributed by atoms with Crippen molar-refractivity contribution in [1.29, 1.82) is 0 Å². The molecule has 0 aromatic carbocycles. The number of hydrogen-bond donors (Lipinski definition) is 1. The van der Waals surface area contributed by atoms with E-state index in [1.165, 1.54) is 32.1 Å². The van der Waals surface area contributed by atoms with Gasteiger partial charge < -0.3 is 4.90 Å². The van der Waals surface area contributed by atoms with Crippen LogP contribution in [0.3, 0.4) is 0 Å². The summed E-state index contributed by atoms with van der Waals surface area (Å²) in [7, 11) is -3.44. The minimum absolute atomic E-state index is 0.00114. The summed E-state index contributed by atoms with van der Waals surface area (Å²) in [5, 5.41) is 5.11. The number of amides is 1. The fraction of sp³-hybridized carbons (Fsp3) is 0.933. The normalized spacial score (nSPS) is 24.4. The quantitative estimate of drug-likeness (QED) is 0.812. The van der Waals surface area contributed by atoms with Crippen LogP contribution >= 0.6 is 0 Å². The van der Waals surface area contributed by atoms with Gasteiger partial charge in [0.1, 0.15) is 0 Å². The van der Waals surface area contributed by atoms with Crippen LogP contribution < -0.4 is 5.14 Å². The van der Waals surface area contributed by atoms with E-state index < -0.39 is 10.0 Å². The zero-order chi connectivity index (χ0) is 15.3. The van der Waals surface area contributed by atoms with E-state index in [1.54, 1.807) is 0 Å². The lowest BCUT2D eigenvalue weighted by molar-refractivity contribution is -0.133. The van der Waals surface area contributed by atoms with E-state index >= 15 is 0 Å². The molecule has 0 spiro atoms. The first-order chi connectivity index (χ1) is 9.94. The van der Waals surface area contributed by atoms with Gasteiger partial charge in [-0.25, -0.2) is 13.6 Å². The number of hydrogen-bond acceptors (Lipinski definition) is 3. The van der Waals surface area contributed by atoms with Crippen LogP contribution in [0.4, 0.5) is 0 Å². The Morgan fingerprint density at radius 1 is 1.10 bits per heavy atom. The molecule has 1 unspecified atom stereocenters. The van der Waals surface area contributed by atoms with Crippen molar-refractivity contribution in [1.82, 2.24) is 4.90 Å². The second-order valence-electron chi connectivity index (χ2n) is 6.72. The van der Waals surface area contributed by atoms with Gasteiger partial charge in [-0.2, -0.15) is 0 Å². The zero-order valence-electron chi connectivity index (χ0n) is 12.8. The van der Waals surface area contributed by atoms with Gasteiger partial charge in [0.25, 0.3) is 0 Å². The van der Waals surface area contributed by atoms with Crippen molar-refractivity contribution in [3.63, 3.8) is 0 Å². The molecule has 1 aliphatic heterocycles. The third-order valence-electron chi connectivity index (χ3n) is 4.82. The Morgan fingerprint density at radius 2 is 1.76 bits per heavy atom. The smallest absolute Gasteiger partial charge is 0.222 e. The molecular formula is C15H28N2O3S. The highest BCUT2D eigenvalue weighted by atomic mass is 32.2. The van der Waals surface area contributed by atoms with Gasteiger partial charge in [-0.1, -0.05) is 25.7 Å². The van der Waals surface area contributed by atoms with Gasteiger partial charge in [-0.3, -0.25) is 4.79 Å². The lowest BCUT2D eigenvalue weighted by Gasteiger charge is -2.32. The molecule has 1 saturated carbocycles. The Hall–Kier alpha value is -0.620. The molecule has 5 nitrogen and oxygen atoms in total. The SMILES string of the molecule is NS(=O)(=O)CC1CCCN(C(=O)CCCC2CCCC2)C1. The molecule has 1 saturated heterocycles. The van der Waals surface area contributed by atoms with Crippen molar-refractivity contribution in [2.24, 2.45) is 17.0 Å². The maximum absolute atomic E-state index is 12.2. The maximum Gasteiger partial charge on any atom is 0.222 e. The topological polar surface area (TPSA) is 80.5 Å². The third kappa shape index (κ3) is 5.94. The molecule has 1 heterocycles. The van der Waals surface area contributed by atoms with Crippen LogP contribution in [0, 0.1) is 11.8 Å². The van der Waals surface area contributed by atoms with E-state index in [2.05, 4.69) is 0 Å². The van der Waals surface area contributed by atoms with Crippen LogP contribution in [0.2, 0.25) is 0 Å². The highest BCUT2D eigenvalue weighted by molar-refractivity contribution is 7.89. The second kappa shape index (κ2) is 7.58. The van der Waals surface area contributed by atoms with Crippen molar-refractivity contribution < 1.29 is 13.2 Å². The highest BCUT2D eigenvalue weighted by Crippen LogP contribution is 2.29. The Kier molecular flexibility index (Phi) is 6.05. The molecule has 1 amide bonds. The predicted molar refractivity (Wildman–Crippen MR) is 83.1 cm³/mol. The van der Waals surface area contributed by atoms with Crippen LogP contribution in [0.1, 0.15) is 57.8 Å². The van der Waals surface area contributed by atoms with Gasteiger partial charge in [0.2, 0.25) is 15.9 Å². The Labute approximate surface area is 128 Å². The number of nitrogens with two attached hydrogens (primary N) is 1. The lowest BCUT2D eigenvalue weighted by atomic mass is 9.98. The number of carbonyl (C=O) groups is 1. The third-order valence-corrected chi connectivity index (χ3v) is 5.75. The van der Waals surface area contributed by atoms with E-state index in [0.29, 0.717) is 13.0 Å². The van der Waals surface area contributed by atoms with Gasteiger partial charge in [0.05, 0.1) is 5.75 Å². The molecule has 0 bridgehead atoms. The molecule has 1 aliphatic carbocycles. The van der Waals surface area contributed by atoms with Crippen molar-refractivity contribution >= 4 is 15.9 Å².